The van der Waals surface area contributed by atoms with Crippen LogP contribution in [0, 0.1) is 13.8 Å². The van der Waals surface area contributed by atoms with E-state index in [9.17, 15) is 4.79 Å². The first-order valence-electron chi connectivity index (χ1n) is 7.51. The number of hydrogen-bond donors (Lipinski definition) is 0. The Morgan fingerprint density at radius 3 is 2.58 bits per heavy atom. The summed E-state index contributed by atoms with van der Waals surface area (Å²) in [5.74, 6) is 0.710. The van der Waals surface area contributed by atoms with Crippen molar-refractivity contribution in [3.8, 4) is 11.3 Å². The maximum absolute atomic E-state index is 12.4. The standard InChI is InChI=1S/C17H18BrN3O3/c1-9-14(10(2)24-20-9)12-6-7-13-15(19-12)11(18)8-21(13)16(22)23-17(3,4)5/h6-8H,1-5H3. The number of fused-ring (bicyclic) bond motifs is 1. The summed E-state index contributed by atoms with van der Waals surface area (Å²) in [5.41, 5.74) is 3.19. The van der Waals surface area contributed by atoms with Gasteiger partial charge in [0.05, 0.1) is 26.9 Å². The van der Waals surface area contributed by atoms with Crippen molar-refractivity contribution in [2.75, 3.05) is 0 Å². The van der Waals surface area contributed by atoms with Gasteiger partial charge in [-0.25, -0.2) is 14.3 Å². The first-order valence-corrected chi connectivity index (χ1v) is 8.31. The Hall–Kier alpha value is -2.15. The molecule has 0 saturated carbocycles. The van der Waals surface area contributed by atoms with Gasteiger partial charge in [0.1, 0.15) is 16.9 Å². The van der Waals surface area contributed by atoms with Gasteiger partial charge in [-0.15, -0.1) is 0 Å². The van der Waals surface area contributed by atoms with Gasteiger partial charge in [-0.05, 0) is 62.7 Å². The van der Waals surface area contributed by atoms with Crippen LogP contribution in [0.25, 0.3) is 22.3 Å². The number of halogens is 1. The second-order valence-electron chi connectivity index (χ2n) is 6.59. The van der Waals surface area contributed by atoms with Crippen molar-refractivity contribution in [2.45, 2.75) is 40.2 Å². The lowest BCUT2D eigenvalue weighted by molar-refractivity contribution is 0.0544. The molecule has 0 aliphatic carbocycles. The summed E-state index contributed by atoms with van der Waals surface area (Å²) in [6, 6.07) is 3.69. The molecule has 0 aromatic carbocycles. The monoisotopic (exact) mass is 391 g/mol. The minimum absolute atomic E-state index is 0.440. The molecule has 0 N–H and O–H groups in total. The van der Waals surface area contributed by atoms with Gasteiger partial charge in [0, 0.05) is 6.20 Å². The molecule has 0 saturated heterocycles. The number of carbonyl (C=O) groups excluding carboxylic acids is 1. The van der Waals surface area contributed by atoms with Gasteiger partial charge in [-0.2, -0.15) is 0 Å². The third-order valence-corrected chi connectivity index (χ3v) is 4.06. The van der Waals surface area contributed by atoms with Crippen LogP contribution >= 0.6 is 15.9 Å². The smallest absolute Gasteiger partial charge is 0.419 e. The van der Waals surface area contributed by atoms with Crippen molar-refractivity contribution < 1.29 is 14.1 Å². The highest BCUT2D eigenvalue weighted by atomic mass is 79.9. The molecule has 3 heterocycles. The van der Waals surface area contributed by atoms with Gasteiger partial charge in [-0.1, -0.05) is 5.16 Å². The van der Waals surface area contributed by atoms with Crippen LogP contribution in [0.3, 0.4) is 0 Å². The highest BCUT2D eigenvalue weighted by Crippen LogP contribution is 2.31. The van der Waals surface area contributed by atoms with Gasteiger partial charge >= 0.3 is 6.09 Å². The number of aryl methyl sites for hydroxylation is 2. The fourth-order valence-corrected chi connectivity index (χ4v) is 3.01. The normalized spacial score (nSPS) is 11.9. The summed E-state index contributed by atoms with van der Waals surface area (Å²) in [6.07, 6.45) is 1.23. The Morgan fingerprint density at radius 2 is 2.00 bits per heavy atom. The van der Waals surface area contributed by atoms with E-state index in [-0.39, 0.29) is 0 Å². The molecule has 3 rings (SSSR count). The number of carbonyl (C=O) groups is 1. The summed E-state index contributed by atoms with van der Waals surface area (Å²) in [5, 5.41) is 3.96. The zero-order valence-corrected chi connectivity index (χ0v) is 15.8. The summed E-state index contributed by atoms with van der Waals surface area (Å²) in [7, 11) is 0. The Balaban J connectivity index is 2.10. The van der Waals surface area contributed by atoms with E-state index in [0.29, 0.717) is 16.8 Å². The largest absolute Gasteiger partial charge is 0.443 e. The minimum Gasteiger partial charge on any atom is -0.443 e. The molecule has 0 unspecified atom stereocenters. The van der Waals surface area contributed by atoms with Crippen LogP contribution in [0.15, 0.2) is 27.3 Å². The summed E-state index contributed by atoms with van der Waals surface area (Å²) in [4.78, 5) is 17.0. The van der Waals surface area contributed by atoms with Gasteiger partial charge in [0.2, 0.25) is 0 Å². The van der Waals surface area contributed by atoms with E-state index >= 15 is 0 Å². The highest BCUT2D eigenvalue weighted by Gasteiger charge is 2.22. The fraction of sp³-hybridized carbons (Fsp3) is 0.353. The second kappa shape index (κ2) is 5.73. The van der Waals surface area contributed by atoms with E-state index in [2.05, 4.69) is 26.1 Å². The van der Waals surface area contributed by atoms with Crippen LogP contribution in [0.4, 0.5) is 4.79 Å². The summed E-state index contributed by atoms with van der Waals surface area (Å²) < 4.78 is 12.8. The maximum atomic E-state index is 12.4. The molecule has 126 valence electrons. The van der Waals surface area contributed by atoms with Crippen molar-refractivity contribution >= 4 is 33.1 Å². The highest BCUT2D eigenvalue weighted by molar-refractivity contribution is 9.10. The number of pyridine rings is 1. The number of hydrogen-bond acceptors (Lipinski definition) is 5. The number of rotatable bonds is 1. The fourth-order valence-electron chi connectivity index (χ4n) is 2.52. The van der Waals surface area contributed by atoms with E-state index in [1.165, 1.54) is 4.57 Å². The van der Waals surface area contributed by atoms with Crippen LogP contribution in [-0.4, -0.2) is 26.4 Å². The molecule has 0 fully saturated rings. The first kappa shape index (κ1) is 16.7. The lowest BCUT2D eigenvalue weighted by atomic mass is 10.1. The topological polar surface area (TPSA) is 70.2 Å². The first-order chi connectivity index (χ1) is 11.2. The predicted molar refractivity (Wildman–Crippen MR) is 94.0 cm³/mol. The third kappa shape index (κ3) is 2.96. The van der Waals surface area contributed by atoms with Crippen molar-refractivity contribution in [1.82, 2.24) is 14.7 Å². The zero-order chi connectivity index (χ0) is 17.6. The van der Waals surface area contributed by atoms with Crippen molar-refractivity contribution in [1.29, 1.82) is 0 Å². The number of aromatic nitrogens is 3. The lowest BCUT2D eigenvalue weighted by Gasteiger charge is -2.19. The van der Waals surface area contributed by atoms with E-state index in [4.69, 9.17) is 9.26 Å². The molecule has 0 bridgehead atoms. The van der Waals surface area contributed by atoms with Crippen molar-refractivity contribution in [3.05, 3.63) is 34.3 Å². The number of nitrogens with zero attached hydrogens (tertiary/aromatic N) is 3. The van der Waals surface area contributed by atoms with E-state index in [1.54, 1.807) is 6.20 Å². The molecular weight excluding hydrogens is 374 g/mol. The molecule has 0 amide bonds. The molecular formula is C17H18BrN3O3. The summed E-state index contributed by atoms with van der Waals surface area (Å²) >= 11 is 3.47. The quantitative estimate of drug-likeness (QED) is 0.592. The van der Waals surface area contributed by atoms with Gasteiger partial charge < -0.3 is 9.26 Å². The molecule has 0 aliphatic rings. The molecule has 0 atom stereocenters. The number of ether oxygens (including phenoxy) is 1. The van der Waals surface area contributed by atoms with Gasteiger partial charge in [0.15, 0.2) is 0 Å². The Labute approximate surface area is 147 Å². The predicted octanol–water partition coefficient (Wildman–Crippen LogP) is 4.85. The maximum Gasteiger partial charge on any atom is 0.419 e. The molecule has 0 radical (unpaired) electrons. The molecule has 6 nitrogen and oxygen atoms in total. The second-order valence-corrected chi connectivity index (χ2v) is 7.45. The molecule has 7 heteroatoms. The van der Waals surface area contributed by atoms with E-state index < -0.39 is 11.7 Å². The lowest BCUT2D eigenvalue weighted by Crippen LogP contribution is -2.26. The Morgan fingerprint density at radius 1 is 1.29 bits per heavy atom. The van der Waals surface area contributed by atoms with Crippen LogP contribution in [0.1, 0.15) is 32.2 Å². The molecule has 0 aliphatic heterocycles. The van der Waals surface area contributed by atoms with Crippen LogP contribution < -0.4 is 0 Å². The molecule has 24 heavy (non-hydrogen) atoms. The van der Waals surface area contributed by atoms with Crippen LogP contribution in [0.5, 0.6) is 0 Å². The van der Waals surface area contributed by atoms with Gasteiger partial charge in [-0.3, -0.25) is 0 Å². The average Bonchev–Trinajstić information content (AvgIpc) is 2.98. The van der Waals surface area contributed by atoms with Crippen molar-refractivity contribution in [3.63, 3.8) is 0 Å². The Kier molecular flexibility index (Phi) is 3.99. The minimum atomic E-state index is -0.565. The van der Waals surface area contributed by atoms with Crippen LogP contribution in [0.2, 0.25) is 0 Å². The van der Waals surface area contributed by atoms with Gasteiger partial charge in [0.25, 0.3) is 0 Å². The Bertz CT molecular complexity index is 915. The molecule has 3 aromatic rings. The third-order valence-electron chi connectivity index (χ3n) is 3.48. The molecule has 0 spiro atoms. The van der Waals surface area contributed by atoms with E-state index in [0.717, 1.165) is 21.4 Å². The molecule has 3 aromatic heterocycles. The van der Waals surface area contributed by atoms with Crippen molar-refractivity contribution in [2.24, 2.45) is 0 Å². The SMILES string of the molecule is Cc1noc(C)c1-c1ccc2c(n1)c(Br)cn2C(=O)OC(C)(C)C. The zero-order valence-electron chi connectivity index (χ0n) is 14.2. The van der Waals surface area contributed by atoms with Crippen LogP contribution in [-0.2, 0) is 4.74 Å². The summed E-state index contributed by atoms with van der Waals surface area (Å²) in [6.45, 7) is 9.22. The average molecular weight is 392 g/mol. The van der Waals surface area contributed by atoms with E-state index in [1.807, 2.05) is 46.8 Å².